The summed E-state index contributed by atoms with van der Waals surface area (Å²) in [5.41, 5.74) is 2.55. The van der Waals surface area contributed by atoms with E-state index in [2.05, 4.69) is 71.6 Å². The third-order valence-electron chi connectivity index (χ3n) is 4.96. The highest BCUT2D eigenvalue weighted by molar-refractivity contribution is 5.83. The third kappa shape index (κ3) is 3.59. The first-order valence-corrected chi connectivity index (χ1v) is 8.82. The van der Waals surface area contributed by atoms with Crippen molar-refractivity contribution in [2.24, 2.45) is 0 Å². The number of benzene rings is 3. The van der Waals surface area contributed by atoms with Crippen LogP contribution in [0.2, 0.25) is 0 Å². The van der Waals surface area contributed by atoms with Crippen LogP contribution in [-0.4, -0.2) is 35.9 Å². The molecule has 25 heavy (non-hydrogen) atoms. The van der Waals surface area contributed by atoms with Gasteiger partial charge in [-0.15, -0.1) is 0 Å². The average Bonchev–Trinajstić information content (AvgIpc) is 2.68. The Labute approximate surface area is 148 Å². The molecule has 0 radical (unpaired) electrons. The SMILES string of the molecule is OCC1CN(Cc2ccccc2)C(c2ccc3ccccc3c2)CO1. The molecule has 3 heteroatoms. The molecule has 0 saturated carbocycles. The second-order valence-corrected chi connectivity index (χ2v) is 6.68. The van der Waals surface area contributed by atoms with Crippen LogP contribution in [-0.2, 0) is 11.3 Å². The van der Waals surface area contributed by atoms with Crippen molar-refractivity contribution in [3.8, 4) is 0 Å². The Morgan fingerprint density at radius 3 is 2.48 bits per heavy atom. The van der Waals surface area contributed by atoms with Gasteiger partial charge in [0.05, 0.1) is 25.4 Å². The summed E-state index contributed by atoms with van der Waals surface area (Å²) < 4.78 is 5.88. The van der Waals surface area contributed by atoms with Gasteiger partial charge >= 0.3 is 0 Å². The van der Waals surface area contributed by atoms with Gasteiger partial charge in [-0.2, -0.15) is 0 Å². The van der Waals surface area contributed by atoms with E-state index in [0.29, 0.717) is 6.61 Å². The summed E-state index contributed by atoms with van der Waals surface area (Å²) in [6.45, 7) is 2.27. The molecule has 1 N–H and O–H groups in total. The Morgan fingerprint density at radius 2 is 1.68 bits per heavy atom. The fourth-order valence-electron chi connectivity index (χ4n) is 3.60. The molecule has 128 valence electrons. The maximum Gasteiger partial charge on any atom is 0.0933 e. The molecule has 3 nitrogen and oxygen atoms in total. The van der Waals surface area contributed by atoms with Crippen molar-refractivity contribution in [3.05, 3.63) is 83.9 Å². The Bertz CT molecular complexity index is 834. The first kappa shape index (κ1) is 16.3. The number of aliphatic hydroxyl groups is 1. The molecule has 1 saturated heterocycles. The van der Waals surface area contributed by atoms with Gasteiger partial charge in [0.15, 0.2) is 0 Å². The molecule has 0 aliphatic carbocycles. The Morgan fingerprint density at radius 1 is 0.920 bits per heavy atom. The van der Waals surface area contributed by atoms with E-state index < -0.39 is 0 Å². The smallest absolute Gasteiger partial charge is 0.0933 e. The number of rotatable bonds is 4. The summed E-state index contributed by atoms with van der Waals surface area (Å²) in [7, 11) is 0. The predicted octanol–water partition coefficient (Wildman–Crippen LogP) is 3.77. The van der Waals surface area contributed by atoms with Crippen molar-refractivity contribution >= 4 is 10.8 Å². The van der Waals surface area contributed by atoms with Crippen LogP contribution in [0.15, 0.2) is 72.8 Å². The highest BCUT2D eigenvalue weighted by atomic mass is 16.5. The predicted molar refractivity (Wildman–Crippen MR) is 100 cm³/mol. The number of ether oxygens (including phenoxy) is 1. The first-order valence-electron chi connectivity index (χ1n) is 8.82. The minimum atomic E-state index is -0.111. The normalized spacial score (nSPS) is 21.5. The Hall–Kier alpha value is -2.20. The largest absolute Gasteiger partial charge is 0.394 e. The second-order valence-electron chi connectivity index (χ2n) is 6.68. The molecular weight excluding hydrogens is 310 g/mol. The maximum atomic E-state index is 9.52. The van der Waals surface area contributed by atoms with E-state index >= 15 is 0 Å². The summed E-state index contributed by atoms with van der Waals surface area (Å²) in [4.78, 5) is 2.42. The molecule has 1 heterocycles. The fourth-order valence-corrected chi connectivity index (χ4v) is 3.60. The highest BCUT2D eigenvalue weighted by Crippen LogP contribution is 2.30. The lowest BCUT2D eigenvalue weighted by atomic mass is 9.99. The van der Waals surface area contributed by atoms with Crippen LogP contribution in [0.1, 0.15) is 17.2 Å². The zero-order valence-electron chi connectivity index (χ0n) is 14.2. The van der Waals surface area contributed by atoms with E-state index in [9.17, 15) is 5.11 Å². The van der Waals surface area contributed by atoms with Crippen molar-refractivity contribution in [2.75, 3.05) is 19.8 Å². The molecule has 1 aliphatic rings. The van der Waals surface area contributed by atoms with Gasteiger partial charge in [0.2, 0.25) is 0 Å². The molecule has 0 amide bonds. The molecule has 2 atom stereocenters. The quantitative estimate of drug-likeness (QED) is 0.789. The van der Waals surface area contributed by atoms with E-state index in [-0.39, 0.29) is 18.8 Å². The Balaban J connectivity index is 1.64. The third-order valence-corrected chi connectivity index (χ3v) is 4.96. The monoisotopic (exact) mass is 333 g/mol. The van der Waals surface area contributed by atoms with E-state index in [4.69, 9.17) is 4.74 Å². The summed E-state index contributed by atoms with van der Waals surface area (Å²) in [6, 6.07) is 25.8. The lowest BCUT2D eigenvalue weighted by Crippen LogP contribution is -2.45. The molecule has 1 aliphatic heterocycles. The van der Waals surface area contributed by atoms with E-state index in [1.807, 2.05) is 6.07 Å². The van der Waals surface area contributed by atoms with Gasteiger partial charge in [-0.25, -0.2) is 0 Å². The summed E-state index contributed by atoms with van der Waals surface area (Å²) >= 11 is 0. The number of morpholine rings is 1. The number of hydrogen-bond acceptors (Lipinski definition) is 3. The van der Waals surface area contributed by atoms with Crippen molar-refractivity contribution in [3.63, 3.8) is 0 Å². The summed E-state index contributed by atoms with van der Waals surface area (Å²) in [5.74, 6) is 0. The molecule has 3 aromatic carbocycles. The average molecular weight is 333 g/mol. The lowest BCUT2D eigenvalue weighted by molar-refractivity contribution is -0.0865. The van der Waals surface area contributed by atoms with Crippen LogP contribution >= 0.6 is 0 Å². The van der Waals surface area contributed by atoms with Crippen LogP contribution in [0.4, 0.5) is 0 Å². The van der Waals surface area contributed by atoms with Gasteiger partial charge in [0.1, 0.15) is 0 Å². The number of nitrogens with zero attached hydrogens (tertiary/aromatic N) is 1. The number of aliphatic hydroxyl groups excluding tert-OH is 1. The standard InChI is InChI=1S/C22H23NO2/c24-15-21-14-23(13-17-6-2-1-3-7-17)22(16-25-21)20-11-10-18-8-4-5-9-19(18)12-20/h1-12,21-22,24H,13-16H2. The van der Waals surface area contributed by atoms with Gasteiger partial charge in [0, 0.05) is 13.1 Å². The van der Waals surface area contributed by atoms with E-state index in [1.54, 1.807) is 0 Å². The molecule has 2 unspecified atom stereocenters. The number of hydrogen-bond donors (Lipinski definition) is 1. The van der Waals surface area contributed by atoms with Crippen LogP contribution in [0.3, 0.4) is 0 Å². The van der Waals surface area contributed by atoms with Gasteiger partial charge in [-0.3, -0.25) is 4.90 Å². The summed E-state index contributed by atoms with van der Waals surface area (Å²) in [5, 5.41) is 12.0. The molecule has 3 aromatic rings. The fraction of sp³-hybridized carbons (Fsp3) is 0.273. The van der Waals surface area contributed by atoms with Gasteiger partial charge in [0.25, 0.3) is 0 Å². The minimum absolute atomic E-state index is 0.0652. The molecular formula is C22H23NO2. The number of fused-ring (bicyclic) bond motifs is 1. The van der Waals surface area contributed by atoms with Crippen molar-refractivity contribution in [2.45, 2.75) is 18.7 Å². The second kappa shape index (κ2) is 7.36. The molecule has 1 fully saturated rings. The summed E-state index contributed by atoms with van der Waals surface area (Å²) in [6.07, 6.45) is -0.111. The molecule has 4 rings (SSSR count). The van der Waals surface area contributed by atoms with Crippen LogP contribution in [0.5, 0.6) is 0 Å². The zero-order valence-corrected chi connectivity index (χ0v) is 14.2. The zero-order chi connectivity index (χ0) is 17.1. The van der Waals surface area contributed by atoms with Crippen molar-refractivity contribution in [1.29, 1.82) is 0 Å². The van der Waals surface area contributed by atoms with Crippen LogP contribution < -0.4 is 0 Å². The van der Waals surface area contributed by atoms with Gasteiger partial charge < -0.3 is 9.84 Å². The highest BCUT2D eigenvalue weighted by Gasteiger charge is 2.29. The molecule has 0 aromatic heterocycles. The van der Waals surface area contributed by atoms with Crippen molar-refractivity contribution in [1.82, 2.24) is 4.90 Å². The molecule has 0 bridgehead atoms. The molecule has 0 spiro atoms. The van der Waals surface area contributed by atoms with Crippen molar-refractivity contribution < 1.29 is 9.84 Å². The maximum absolute atomic E-state index is 9.52. The van der Waals surface area contributed by atoms with E-state index in [0.717, 1.165) is 13.1 Å². The van der Waals surface area contributed by atoms with Crippen LogP contribution in [0.25, 0.3) is 10.8 Å². The van der Waals surface area contributed by atoms with Crippen LogP contribution in [0, 0.1) is 0 Å². The minimum Gasteiger partial charge on any atom is -0.394 e. The Kier molecular flexibility index (Phi) is 4.79. The lowest BCUT2D eigenvalue weighted by Gasteiger charge is -2.39. The van der Waals surface area contributed by atoms with E-state index in [1.165, 1.54) is 21.9 Å². The van der Waals surface area contributed by atoms with Gasteiger partial charge in [-0.05, 0) is 28.0 Å². The topological polar surface area (TPSA) is 32.7 Å². The first-order chi connectivity index (χ1) is 12.3. The van der Waals surface area contributed by atoms with Gasteiger partial charge in [-0.1, -0.05) is 66.7 Å².